The van der Waals surface area contributed by atoms with Gasteiger partial charge in [-0.1, -0.05) is 48.7 Å². The molecule has 3 rings (SSSR count). The number of hydrogen-bond donors (Lipinski definition) is 0. The lowest BCUT2D eigenvalue weighted by atomic mass is 9.96. The molecule has 0 saturated heterocycles. The fourth-order valence-corrected chi connectivity index (χ4v) is 13.7. The number of benzene rings is 2. The van der Waals surface area contributed by atoms with Gasteiger partial charge >= 0.3 is 0 Å². The minimum atomic E-state index is -1.57. The number of aliphatic imine (C=N–C) groups is 2. The molecule has 0 bridgehead atoms. The SMILES string of the molecule is CN=Cc1cc2c(cc1C)[Si](C)(C)[Si](C)(C)c1cc(C)c(C=NC)cc1-2. The van der Waals surface area contributed by atoms with Gasteiger partial charge in [-0.25, -0.2) is 0 Å². The van der Waals surface area contributed by atoms with E-state index in [9.17, 15) is 0 Å². The van der Waals surface area contributed by atoms with Gasteiger partial charge in [0.1, 0.15) is 0 Å². The summed E-state index contributed by atoms with van der Waals surface area (Å²) in [5, 5.41) is 3.24. The van der Waals surface area contributed by atoms with E-state index in [0.717, 1.165) is 0 Å². The predicted octanol–water partition coefficient (Wildman–Crippen LogP) is 3.99. The third kappa shape index (κ3) is 2.67. The van der Waals surface area contributed by atoms with E-state index in [-0.39, 0.29) is 0 Å². The molecule has 1 heterocycles. The number of rotatable bonds is 2. The Hall–Kier alpha value is -1.79. The van der Waals surface area contributed by atoms with Crippen LogP contribution in [0.25, 0.3) is 11.1 Å². The van der Waals surface area contributed by atoms with Gasteiger partial charge in [-0.2, -0.15) is 0 Å². The summed E-state index contributed by atoms with van der Waals surface area (Å²) in [5.74, 6) is 0. The molecule has 0 fully saturated rings. The summed E-state index contributed by atoms with van der Waals surface area (Å²) >= 11 is 0. The summed E-state index contributed by atoms with van der Waals surface area (Å²) in [6.07, 6.45) is 3.98. The summed E-state index contributed by atoms with van der Waals surface area (Å²) in [6, 6.07) is 9.67. The van der Waals surface area contributed by atoms with Crippen LogP contribution in [0, 0.1) is 13.8 Å². The van der Waals surface area contributed by atoms with Crippen molar-refractivity contribution in [1.29, 1.82) is 0 Å². The van der Waals surface area contributed by atoms with E-state index < -0.39 is 15.2 Å². The Balaban J connectivity index is 2.44. The molecule has 0 N–H and O–H groups in total. The van der Waals surface area contributed by atoms with Crippen LogP contribution in [0.1, 0.15) is 22.3 Å². The zero-order valence-electron chi connectivity index (χ0n) is 17.4. The van der Waals surface area contributed by atoms with E-state index >= 15 is 0 Å². The third-order valence-corrected chi connectivity index (χ3v) is 24.2. The monoisotopic (exact) mass is 378 g/mol. The van der Waals surface area contributed by atoms with Crippen molar-refractivity contribution in [2.75, 3.05) is 14.1 Å². The largest absolute Gasteiger partial charge is 0.296 e. The lowest BCUT2D eigenvalue weighted by Crippen LogP contribution is -2.72. The van der Waals surface area contributed by atoms with Crippen LogP contribution in [0.5, 0.6) is 0 Å². The second-order valence-electron chi connectivity index (χ2n) is 8.53. The summed E-state index contributed by atoms with van der Waals surface area (Å²) < 4.78 is 0. The van der Waals surface area contributed by atoms with Crippen molar-refractivity contribution in [3.05, 3.63) is 46.5 Å². The second-order valence-corrected chi connectivity index (χ2v) is 23.6. The van der Waals surface area contributed by atoms with Gasteiger partial charge in [-0.15, -0.1) is 0 Å². The van der Waals surface area contributed by atoms with Crippen molar-refractivity contribution in [2.24, 2.45) is 9.98 Å². The van der Waals surface area contributed by atoms with E-state index in [2.05, 4.69) is 74.3 Å². The first kappa shape index (κ1) is 19.0. The highest BCUT2D eigenvalue weighted by atomic mass is 29.3. The molecule has 0 atom stereocenters. The fraction of sp³-hybridized carbons (Fsp3) is 0.364. The molecule has 0 saturated carbocycles. The van der Waals surface area contributed by atoms with Gasteiger partial charge in [0.15, 0.2) is 0 Å². The zero-order chi connectivity index (χ0) is 19.3. The molecule has 2 nitrogen and oxygen atoms in total. The average Bonchev–Trinajstić information content (AvgIpc) is 2.57. The minimum absolute atomic E-state index is 1.23. The first-order valence-corrected chi connectivity index (χ1v) is 16.3. The van der Waals surface area contributed by atoms with E-state index in [1.807, 2.05) is 26.5 Å². The number of fused-ring (bicyclic) bond motifs is 3. The molecule has 26 heavy (non-hydrogen) atoms. The van der Waals surface area contributed by atoms with Crippen molar-refractivity contribution >= 4 is 38.0 Å². The van der Waals surface area contributed by atoms with Gasteiger partial charge in [0.25, 0.3) is 0 Å². The number of hydrogen-bond acceptors (Lipinski definition) is 2. The maximum atomic E-state index is 4.27. The maximum absolute atomic E-state index is 4.27. The molecule has 1 aliphatic rings. The highest BCUT2D eigenvalue weighted by Gasteiger charge is 2.49. The van der Waals surface area contributed by atoms with Gasteiger partial charge in [0.2, 0.25) is 0 Å². The lowest BCUT2D eigenvalue weighted by Gasteiger charge is -2.46. The standard InChI is InChI=1S/C22H30N2Si2/c1-15-9-21-19(11-17(15)13-23-3)20-12-18(14-24-4)16(2)10-22(20)26(7,8)25(21,5)6/h9-14H,1-8H3. The maximum Gasteiger partial charge on any atom is 0.0800 e. The molecule has 4 heteroatoms. The quantitative estimate of drug-likeness (QED) is 0.558. The second kappa shape index (κ2) is 6.43. The van der Waals surface area contributed by atoms with E-state index in [0.29, 0.717) is 0 Å². The Morgan fingerprint density at radius 2 is 1.00 bits per heavy atom. The summed E-state index contributed by atoms with van der Waals surface area (Å²) in [5.41, 5.74) is 7.99. The van der Waals surface area contributed by atoms with Crippen LogP contribution < -0.4 is 10.4 Å². The average molecular weight is 379 g/mol. The van der Waals surface area contributed by atoms with E-state index in [1.54, 1.807) is 10.4 Å². The molecule has 0 unspecified atom stereocenters. The van der Waals surface area contributed by atoms with Crippen LogP contribution in [0.2, 0.25) is 26.2 Å². The topological polar surface area (TPSA) is 24.7 Å². The van der Waals surface area contributed by atoms with E-state index in [1.165, 1.54) is 33.4 Å². The van der Waals surface area contributed by atoms with Gasteiger partial charge in [0.05, 0.1) is 15.2 Å². The minimum Gasteiger partial charge on any atom is -0.296 e. The van der Waals surface area contributed by atoms with Crippen LogP contribution in [0.15, 0.2) is 34.3 Å². The number of aryl methyl sites for hydroxylation is 2. The van der Waals surface area contributed by atoms with Crippen LogP contribution in [-0.2, 0) is 0 Å². The molecule has 0 spiro atoms. The molecular formula is C22H30N2Si2. The summed E-state index contributed by atoms with van der Waals surface area (Å²) in [4.78, 5) is 8.54. The molecule has 2 aromatic rings. The Bertz CT molecular complexity index is 860. The van der Waals surface area contributed by atoms with Crippen molar-refractivity contribution in [2.45, 2.75) is 40.0 Å². The molecule has 0 aromatic heterocycles. The smallest absolute Gasteiger partial charge is 0.0800 e. The van der Waals surface area contributed by atoms with Crippen molar-refractivity contribution in [3.63, 3.8) is 0 Å². The zero-order valence-corrected chi connectivity index (χ0v) is 19.4. The fourth-order valence-electron chi connectivity index (χ4n) is 4.16. The Kier molecular flexibility index (Phi) is 4.69. The Morgan fingerprint density at radius 3 is 1.31 bits per heavy atom. The van der Waals surface area contributed by atoms with Gasteiger partial charge in [0, 0.05) is 26.5 Å². The number of nitrogens with zero attached hydrogens (tertiary/aromatic N) is 2. The molecule has 0 amide bonds. The molecule has 136 valence electrons. The lowest BCUT2D eigenvalue weighted by molar-refractivity contribution is 1.40. The van der Waals surface area contributed by atoms with Gasteiger partial charge in [-0.3, -0.25) is 9.98 Å². The Morgan fingerprint density at radius 1 is 0.654 bits per heavy atom. The predicted molar refractivity (Wildman–Crippen MR) is 123 cm³/mol. The molecule has 1 aliphatic heterocycles. The van der Waals surface area contributed by atoms with Crippen LogP contribution in [-0.4, -0.2) is 41.7 Å². The highest BCUT2D eigenvalue weighted by Crippen LogP contribution is 2.34. The van der Waals surface area contributed by atoms with Crippen molar-refractivity contribution in [1.82, 2.24) is 0 Å². The molecular weight excluding hydrogens is 348 g/mol. The summed E-state index contributed by atoms with van der Waals surface area (Å²) in [6.45, 7) is 14.7. The normalized spacial score (nSPS) is 17.5. The molecule has 0 radical (unpaired) electrons. The molecule has 2 aromatic carbocycles. The van der Waals surface area contributed by atoms with Crippen LogP contribution in [0.4, 0.5) is 0 Å². The van der Waals surface area contributed by atoms with Gasteiger partial charge < -0.3 is 0 Å². The van der Waals surface area contributed by atoms with Crippen molar-refractivity contribution < 1.29 is 0 Å². The highest BCUT2D eigenvalue weighted by molar-refractivity contribution is 7.50. The van der Waals surface area contributed by atoms with Crippen LogP contribution >= 0.6 is 0 Å². The van der Waals surface area contributed by atoms with Crippen LogP contribution in [0.3, 0.4) is 0 Å². The summed E-state index contributed by atoms with van der Waals surface area (Å²) in [7, 11) is 0.565. The first-order valence-electron chi connectivity index (χ1n) is 9.30. The van der Waals surface area contributed by atoms with Gasteiger partial charge in [-0.05, 0) is 59.4 Å². The van der Waals surface area contributed by atoms with Crippen molar-refractivity contribution in [3.8, 4) is 11.1 Å². The van der Waals surface area contributed by atoms with E-state index in [4.69, 9.17) is 0 Å². The Labute approximate surface area is 159 Å². The third-order valence-electron chi connectivity index (χ3n) is 6.55. The first-order chi connectivity index (χ1) is 12.1. The molecule has 0 aliphatic carbocycles.